The predicted octanol–water partition coefficient (Wildman–Crippen LogP) is -1.02. The molecule has 2 aliphatic heterocycles. The number of benzene rings is 1. The Bertz CT molecular complexity index is 870. The summed E-state index contributed by atoms with van der Waals surface area (Å²) < 4.78 is 12.8. The fraction of sp³-hybridized carbons (Fsp3) is 0.682. The minimum Gasteiger partial charge on any atom is -1.00 e. The topological polar surface area (TPSA) is 55.8 Å². The predicted molar refractivity (Wildman–Crippen MR) is 99.0 cm³/mol. The van der Waals surface area contributed by atoms with E-state index in [-0.39, 0.29) is 35.8 Å². The molecule has 1 aromatic carbocycles. The Morgan fingerprint density at radius 2 is 2.11 bits per heavy atom. The third-order valence-electron chi connectivity index (χ3n) is 8.48. The van der Waals surface area contributed by atoms with Crippen molar-refractivity contribution in [2.24, 2.45) is 5.92 Å². The van der Waals surface area contributed by atoms with Crippen LogP contribution in [-0.2, 0) is 16.6 Å². The van der Waals surface area contributed by atoms with Crippen molar-refractivity contribution in [2.75, 3.05) is 27.2 Å². The normalized spacial score (nSPS) is 42.3. The van der Waals surface area contributed by atoms with Crippen molar-refractivity contribution in [3.05, 3.63) is 23.3 Å². The SMILES string of the molecule is COc1ccc2c3c1O[C@H]1C(=O)CC[C@@]4(O)[C@@H](C2)[N@+](C)(CC2CC2)CC[C@]314.[I-]. The van der Waals surface area contributed by atoms with Gasteiger partial charge in [0.05, 0.1) is 32.7 Å². The number of ether oxygens (including phenoxy) is 2. The smallest absolute Gasteiger partial charge is 0.174 e. The summed E-state index contributed by atoms with van der Waals surface area (Å²) in [7, 11) is 3.98. The Hall–Kier alpha value is -0.860. The van der Waals surface area contributed by atoms with E-state index in [1.165, 1.54) is 18.4 Å². The number of nitrogens with zero attached hydrogens (tertiary/aromatic N) is 1. The molecule has 0 amide bonds. The number of quaternary nitrogens is 1. The van der Waals surface area contributed by atoms with Crippen molar-refractivity contribution in [2.45, 2.75) is 61.7 Å². The van der Waals surface area contributed by atoms with Crippen LogP contribution in [-0.4, -0.2) is 60.4 Å². The summed E-state index contributed by atoms with van der Waals surface area (Å²) in [5, 5.41) is 12.3. The number of likely N-dealkylation sites (tertiary alicyclic amines) is 1. The van der Waals surface area contributed by atoms with Crippen molar-refractivity contribution >= 4 is 5.78 Å². The van der Waals surface area contributed by atoms with Crippen LogP contribution < -0.4 is 33.5 Å². The number of hydrogen-bond acceptors (Lipinski definition) is 4. The van der Waals surface area contributed by atoms with Crippen molar-refractivity contribution in [1.82, 2.24) is 0 Å². The van der Waals surface area contributed by atoms with Crippen molar-refractivity contribution < 1.29 is 47.8 Å². The van der Waals surface area contributed by atoms with Gasteiger partial charge in [0, 0.05) is 30.7 Å². The second-order valence-electron chi connectivity index (χ2n) is 9.79. The van der Waals surface area contributed by atoms with Crippen molar-refractivity contribution in [3.63, 3.8) is 0 Å². The van der Waals surface area contributed by atoms with Gasteiger partial charge in [-0.2, -0.15) is 0 Å². The van der Waals surface area contributed by atoms with E-state index >= 15 is 0 Å². The number of rotatable bonds is 3. The summed E-state index contributed by atoms with van der Waals surface area (Å²) in [4.78, 5) is 12.9. The second-order valence-corrected chi connectivity index (χ2v) is 9.79. The number of methoxy groups -OCH3 is 1. The number of ketones is 1. The van der Waals surface area contributed by atoms with Gasteiger partial charge in [-0.25, -0.2) is 0 Å². The third-order valence-corrected chi connectivity index (χ3v) is 8.48. The molecule has 6 heteroatoms. The molecule has 0 radical (unpaired) electrons. The molecule has 5 atom stereocenters. The zero-order chi connectivity index (χ0) is 18.6. The molecule has 152 valence electrons. The average molecular weight is 497 g/mol. The number of Topliss-reactive ketones (excluding diaryl/α,β-unsaturated/α-hetero) is 1. The lowest BCUT2D eigenvalue weighted by Gasteiger charge is -2.64. The van der Waals surface area contributed by atoms with E-state index in [9.17, 15) is 9.90 Å². The van der Waals surface area contributed by atoms with E-state index in [1.54, 1.807) is 7.11 Å². The standard InChI is InChI=1S/C22H28NO4.HI/c1-23(12-13-3-4-13)10-9-21-18-14-5-6-16(26-2)19(18)27-20(21)15(24)7-8-22(21,25)17(23)11-14;/h5-6,13,17,20,25H,3-4,7-12H2,1-2H3;1H/q+1;/p-1/t17-,20+,21+,22-,23+;/m1./s1. The summed E-state index contributed by atoms with van der Waals surface area (Å²) in [5.74, 6) is 2.35. The Morgan fingerprint density at radius 3 is 2.82 bits per heavy atom. The zero-order valence-corrected chi connectivity index (χ0v) is 18.7. The largest absolute Gasteiger partial charge is 1.00 e. The highest BCUT2D eigenvalue weighted by Crippen LogP contribution is 2.66. The first kappa shape index (κ1) is 19.1. The minimum absolute atomic E-state index is 0. The quantitative estimate of drug-likeness (QED) is 0.429. The monoisotopic (exact) mass is 497 g/mol. The molecule has 6 rings (SSSR count). The molecule has 5 aliphatic rings. The minimum atomic E-state index is -0.877. The van der Waals surface area contributed by atoms with Crippen LogP contribution in [0.25, 0.3) is 0 Å². The molecule has 0 aromatic heterocycles. The molecule has 1 N–H and O–H groups in total. The zero-order valence-electron chi connectivity index (χ0n) is 16.5. The van der Waals surface area contributed by atoms with Gasteiger partial charge in [-0.1, -0.05) is 6.07 Å². The van der Waals surface area contributed by atoms with Gasteiger partial charge in [0.25, 0.3) is 0 Å². The number of hydrogen-bond donors (Lipinski definition) is 1. The van der Waals surface area contributed by atoms with Gasteiger partial charge in [0.15, 0.2) is 23.4 Å². The molecule has 3 fully saturated rings. The molecule has 2 saturated carbocycles. The fourth-order valence-electron chi connectivity index (χ4n) is 7.09. The lowest BCUT2D eigenvalue weighted by atomic mass is 9.48. The second kappa shape index (κ2) is 5.85. The highest BCUT2D eigenvalue weighted by molar-refractivity contribution is 5.90. The molecule has 1 spiro atoms. The number of piperidine rings is 1. The van der Waals surface area contributed by atoms with Gasteiger partial charge in [0.2, 0.25) is 0 Å². The molecule has 1 aromatic rings. The van der Waals surface area contributed by atoms with E-state index in [4.69, 9.17) is 9.47 Å². The van der Waals surface area contributed by atoms with Gasteiger partial charge in [-0.05, 0) is 30.9 Å². The number of aliphatic hydroxyl groups is 1. The van der Waals surface area contributed by atoms with Crippen LogP contribution in [0.2, 0.25) is 0 Å². The molecule has 5 nitrogen and oxygen atoms in total. The van der Waals surface area contributed by atoms with Gasteiger partial charge in [0.1, 0.15) is 11.6 Å². The van der Waals surface area contributed by atoms with E-state index in [0.717, 1.165) is 41.9 Å². The number of carbonyl (C=O) groups is 1. The summed E-state index contributed by atoms with van der Waals surface area (Å²) in [6.07, 6.45) is 4.74. The highest BCUT2D eigenvalue weighted by atomic mass is 127. The molecule has 2 heterocycles. The van der Waals surface area contributed by atoms with E-state index in [1.807, 2.05) is 6.07 Å². The Balaban J connectivity index is 0.00000171. The molecule has 1 saturated heterocycles. The van der Waals surface area contributed by atoms with Crippen LogP contribution in [0.3, 0.4) is 0 Å². The summed E-state index contributed by atoms with van der Waals surface area (Å²) in [6, 6.07) is 4.25. The molecule has 0 unspecified atom stereocenters. The maximum absolute atomic E-state index is 12.9. The number of halogens is 1. The third kappa shape index (κ3) is 2.07. The van der Waals surface area contributed by atoms with E-state index in [0.29, 0.717) is 24.3 Å². The van der Waals surface area contributed by atoms with Gasteiger partial charge >= 0.3 is 0 Å². The highest BCUT2D eigenvalue weighted by Gasteiger charge is 2.76. The van der Waals surface area contributed by atoms with Gasteiger partial charge in [-0.3, -0.25) is 4.79 Å². The summed E-state index contributed by atoms with van der Waals surface area (Å²) in [6.45, 7) is 2.16. The van der Waals surface area contributed by atoms with Crippen LogP contribution in [0.15, 0.2) is 12.1 Å². The maximum Gasteiger partial charge on any atom is 0.174 e. The van der Waals surface area contributed by atoms with Crippen LogP contribution >= 0.6 is 0 Å². The lowest BCUT2D eigenvalue weighted by Crippen LogP contribution is -3.00. The first-order valence-corrected chi connectivity index (χ1v) is 10.4. The van der Waals surface area contributed by atoms with Crippen molar-refractivity contribution in [3.8, 4) is 11.5 Å². The summed E-state index contributed by atoms with van der Waals surface area (Å²) >= 11 is 0. The Kier molecular flexibility index (Phi) is 4.00. The van der Waals surface area contributed by atoms with Crippen LogP contribution in [0, 0.1) is 5.92 Å². The average Bonchev–Trinajstić information content (AvgIpc) is 3.37. The maximum atomic E-state index is 12.9. The van der Waals surface area contributed by atoms with Crippen LogP contribution in [0.4, 0.5) is 0 Å². The first-order chi connectivity index (χ1) is 12.9. The molecule has 28 heavy (non-hydrogen) atoms. The number of likely N-dealkylation sites (N-methyl/N-ethyl adjacent to an activating group) is 1. The van der Waals surface area contributed by atoms with Crippen LogP contribution in [0.1, 0.15) is 43.2 Å². The molecular formula is C22H28INO4. The van der Waals surface area contributed by atoms with Crippen molar-refractivity contribution in [1.29, 1.82) is 0 Å². The first-order valence-electron chi connectivity index (χ1n) is 10.4. The Morgan fingerprint density at radius 1 is 1.32 bits per heavy atom. The van der Waals surface area contributed by atoms with E-state index in [2.05, 4.69) is 13.1 Å². The molecule has 2 bridgehead atoms. The van der Waals surface area contributed by atoms with Gasteiger partial charge < -0.3 is 43.0 Å². The van der Waals surface area contributed by atoms with E-state index < -0.39 is 17.1 Å². The Labute approximate surface area is 183 Å². The lowest BCUT2D eigenvalue weighted by molar-refractivity contribution is -0.950. The fourth-order valence-corrected chi connectivity index (χ4v) is 7.09. The number of carbonyl (C=O) groups excluding carboxylic acids is 1. The molecule has 3 aliphatic carbocycles. The summed E-state index contributed by atoms with van der Waals surface area (Å²) in [5.41, 5.74) is 0.859. The van der Waals surface area contributed by atoms with Gasteiger partial charge in [-0.15, -0.1) is 0 Å². The van der Waals surface area contributed by atoms with Crippen LogP contribution in [0.5, 0.6) is 11.5 Å². The molecular weight excluding hydrogens is 469 g/mol.